The number of para-hydroxylation sites is 1. The van der Waals surface area contributed by atoms with Gasteiger partial charge in [-0.3, -0.25) is 4.98 Å². The molecule has 2 rings (SSSR count). The van der Waals surface area contributed by atoms with Crippen molar-refractivity contribution in [2.24, 2.45) is 0 Å². The minimum Gasteiger partial charge on any atom is -0.436 e. The maximum absolute atomic E-state index is 8.92. The lowest BCUT2D eigenvalue weighted by molar-refractivity contribution is 0.459. The van der Waals surface area contributed by atoms with Gasteiger partial charge in [-0.25, -0.2) is 0 Å². The van der Waals surface area contributed by atoms with Crippen molar-refractivity contribution in [2.45, 2.75) is 0 Å². The van der Waals surface area contributed by atoms with Gasteiger partial charge in [0.1, 0.15) is 17.6 Å². The van der Waals surface area contributed by atoms with Gasteiger partial charge in [-0.05, 0) is 12.1 Å². The van der Waals surface area contributed by atoms with Crippen LogP contribution in [0.3, 0.4) is 0 Å². The fourth-order valence-electron chi connectivity index (χ4n) is 1.28. The first-order chi connectivity index (χ1) is 8.33. The molecule has 1 aromatic carbocycles. The molecule has 0 aliphatic rings. The third-order valence-electron chi connectivity index (χ3n) is 2.09. The fourth-order valence-corrected chi connectivity index (χ4v) is 1.28. The molecule has 0 fully saturated rings. The van der Waals surface area contributed by atoms with Gasteiger partial charge in [-0.2, -0.15) is 10.2 Å². The Bertz CT molecular complexity index is 562. The minimum atomic E-state index is 0.347. The highest BCUT2D eigenvalue weighted by atomic mass is 16.5. The van der Waals surface area contributed by atoms with E-state index in [-0.39, 0.29) is 0 Å². The Hall–Kier alpha value is -2.61. The van der Waals surface area contributed by atoms with Crippen LogP contribution in [0, 0.1) is 11.3 Å². The Labute approximate surface area is 98.7 Å². The van der Waals surface area contributed by atoms with Crippen molar-refractivity contribution in [3.63, 3.8) is 0 Å². The Morgan fingerprint density at radius 1 is 1.29 bits per heavy atom. The number of rotatable bonds is 3. The van der Waals surface area contributed by atoms with Crippen LogP contribution in [-0.2, 0) is 0 Å². The van der Waals surface area contributed by atoms with E-state index in [1.807, 2.05) is 0 Å². The molecule has 1 heterocycles. The average molecular weight is 226 g/mol. The van der Waals surface area contributed by atoms with Crippen molar-refractivity contribution in [3.8, 4) is 17.7 Å². The largest absolute Gasteiger partial charge is 0.436 e. The first-order valence-corrected chi connectivity index (χ1v) is 5.00. The summed E-state index contributed by atoms with van der Waals surface area (Å²) in [6.45, 7) is 0. The van der Waals surface area contributed by atoms with Crippen LogP contribution >= 0.6 is 0 Å². The van der Waals surface area contributed by atoms with Crippen LogP contribution in [-0.4, -0.2) is 17.0 Å². The standard InChI is InChI=1S/C12H10N4O/c1-14-11-7-15-8-12(16-11)17-10-5-3-2-4-9(10)6-13/h2-5,7-8H,1H3,(H,14,16). The lowest BCUT2D eigenvalue weighted by Crippen LogP contribution is -1.96. The van der Waals surface area contributed by atoms with Gasteiger partial charge in [0, 0.05) is 7.05 Å². The van der Waals surface area contributed by atoms with E-state index in [1.54, 1.807) is 37.5 Å². The molecule has 84 valence electrons. The van der Waals surface area contributed by atoms with Crippen molar-refractivity contribution >= 4 is 5.82 Å². The van der Waals surface area contributed by atoms with Crippen molar-refractivity contribution in [1.82, 2.24) is 9.97 Å². The summed E-state index contributed by atoms with van der Waals surface area (Å²) in [5.41, 5.74) is 0.462. The zero-order chi connectivity index (χ0) is 12.1. The van der Waals surface area contributed by atoms with Crippen molar-refractivity contribution in [1.29, 1.82) is 5.26 Å². The van der Waals surface area contributed by atoms with Gasteiger partial charge < -0.3 is 10.1 Å². The van der Waals surface area contributed by atoms with Crippen molar-refractivity contribution in [3.05, 3.63) is 42.2 Å². The SMILES string of the molecule is CNc1cncc(Oc2ccccc2C#N)n1. The molecule has 0 saturated heterocycles. The molecule has 0 atom stereocenters. The van der Waals surface area contributed by atoms with Crippen molar-refractivity contribution in [2.75, 3.05) is 12.4 Å². The molecule has 0 radical (unpaired) electrons. The van der Waals surface area contributed by atoms with Crippen LogP contribution in [0.4, 0.5) is 5.82 Å². The molecule has 0 saturated carbocycles. The number of nitriles is 1. The third kappa shape index (κ3) is 2.49. The Kier molecular flexibility index (Phi) is 3.17. The monoisotopic (exact) mass is 226 g/mol. The highest BCUT2D eigenvalue weighted by Crippen LogP contribution is 2.23. The average Bonchev–Trinajstić information content (AvgIpc) is 2.39. The molecule has 2 aromatic rings. The maximum Gasteiger partial charge on any atom is 0.239 e. The first-order valence-electron chi connectivity index (χ1n) is 5.00. The van der Waals surface area contributed by atoms with Gasteiger partial charge in [-0.1, -0.05) is 12.1 Å². The lowest BCUT2D eigenvalue weighted by atomic mass is 10.2. The molecule has 0 spiro atoms. The van der Waals surface area contributed by atoms with Gasteiger partial charge in [0.2, 0.25) is 5.88 Å². The predicted molar refractivity (Wildman–Crippen MR) is 62.8 cm³/mol. The Balaban J connectivity index is 2.28. The van der Waals surface area contributed by atoms with Gasteiger partial charge in [0.25, 0.3) is 0 Å². The van der Waals surface area contributed by atoms with Crippen LogP contribution in [0.2, 0.25) is 0 Å². The number of anilines is 1. The van der Waals surface area contributed by atoms with Crippen LogP contribution in [0.15, 0.2) is 36.7 Å². The molecule has 0 unspecified atom stereocenters. The van der Waals surface area contributed by atoms with Gasteiger partial charge >= 0.3 is 0 Å². The van der Waals surface area contributed by atoms with Gasteiger partial charge in [0.05, 0.1) is 18.0 Å². The van der Waals surface area contributed by atoms with E-state index < -0.39 is 0 Å². The molecule has 0 bridgehead atoms. The number of aromatic nitrogens is 2. The molecule has 17 heavy (non-hydrogen) atoms. The zero-order valence-electron chi connectivity index (χ0n) is 9.21. The van der Waals surface area contributed by atoms with E-state index in [9.17, 15) is 0 Å². The van der Waals surface area contributed by atoms with Gasteiger partial charge in [0.15, 0.2) is 0 Å². The van der Waals surface area contributed by atoms with Crippen LogP contribution in [0.1, 0.15) is 5.56 Å². The summed E-state index contributed by atoms with van der Waals surface area (Å²) >= 11 is 0. The smallest absolute Gasteiger partial charge is 0.239 e. The van der Waals surface area contributed by atoms with E-state index in [2.05, 4.69) is 21.4 Å². The summed E-state index contributed by atoms with van der Waals surface area (Å²) in [6, 6.07) is 9.03. The van der Waals surface area contributed by atoms with Crippen LogP contribution < -0.4 is 10.1 Å². The molecule has 0 aliphatic heterocycles. The fraction of sp³-hybridized carbons (Fsp3) is 0.0833. The predicted octanol–water partition coefficient (Wildman–Crippen LogP) is 2.18. The quantitative estimate of drug-likeness (QED) is 0.868. The summed E-state index contributed by atoms with van der Waals surface area (Å²) < 4.78 is 5.51. The second-order valence-electron chi connectivity index (χ2n) is 3.20. The van der Waals surface area contributed by atoms with Crippen molar-refractivity contribution < 1.29 is 4.74 Å². The number of benzene rings is 1. The van der Waals surface area contributed by atoms with E-state index >= 15 is 0 Å². The van der Waals surface area contributed by atoms with Crippen LogP contribution in [0.5, 0.6) is 11.6 Å². The molecule has 0 aliphatic carbocycles. The maximum atomic E-state index is 8.92. The highest BCUT2D eigenvalue weighted by molar-refractivity contribution is 5.44. The molecular weight excluding hydrogens is 216 g/mol. The van der Waals surface area contributed by atoms with E-state index in [1.165, 1.54) is 6.20 Å². The number of hydrogen-bond donors (Lipinski definition) is 1. The van der Waals surface area contributed by atoms with E-state index in [4.69, 9.17) is 10.00 Å². The first kappa shape index (κ1) is 10.9. The minimum absolute atomic E-state index is 0.347. The lowest BCUT2D eigenvalue weighted by Gasteiger charge is -2.06. The van der Waals surface area contributed by atoms with E-state index in [0.29, 0.717) is 23.0 Å². The number of nitrogens with zero attached hydrogens (tertiary/aromatic N) is 3. The molecular formula is C12H10N4O. The summed E-state index contributed by atoms with van der Waals surface area (Å²) in [5, 5.41) is 11.8. The second kappa shape index (κ2) is 4.94. The summed E-state index contributed by atoms with van der Waals surface area (Å²) in [7, 11) is 1.75. The molecule has 5 nitrogen and oxygen atoms in total. The van der Waals surface area contributed by atoms with Crippen LogP contribution in [0.25, 0.3) is 0 Å². The molecule has 0 amide bonds. The Morgan fingerprint density at radius 2 is 2.12 bits per heavy atom. The summed E-state index contributed by atoms with van der Waals surface area (Å²) in [5.74, 6) is 1.43. The normalized spacial score (nSPS) is 9.41. The molecule has 5 heteroatoms. The molecule has 1 aromatic heterocycles. The zero-order valence-corrected chi connectivity index (χ0v) is 9.21. The summed E-state index contributed by atoms with van der Waals surface area (Å²) in [6.07, 6.45) is 3.08. The Morgan fingerprint density at radius 3 is 2.88 bits per heavy atom. The van der Waals surface area contributed by atoms with E-state index in [0.717, 1.165) is 0 Å². The number of nitrogens with one attached hydrogen (secondary N) is 1. The number of hydrogen-bond acceptors (Lipinski definition) is 5. The molecule has 1 N–H and O–H groups in total. The second-order valence-corrected chi connectivity index (χ2v) is 3.20. The topological polar surface area (TPSA) is 70.8 Å². The third-order valence-corrected chi connectivity index (χ3v) is 2.09. The highest BCUT2D eigenvalue weighted by Gasteiger charge is 2.05. The summed E-state index contributed by atoms with van der Waals surface area (Å²) in [4.78, 5) is 8.13. The van der Waals surface area contributed by atoms with Gasteiger partial charge in [-0.15, -0.1) is 0 Å². The number of ether oxygens (including phenoxy) is 1.